The number of benzene rings is 1. The van der Waals surface area contributed by atoms with Gasteiger partial charge in [0.2, 0.25) is 10.0 Å². The van der Waals surface area contributed by atoms with Gasteiger partial charge in [-0.15, -0.1) is 0 Å². The summed E-state index contributed by atoms with van der Waals surface area (Å²) in [5, 5.41) is 11.0. The molecule has 0 aliphatic heterocycles. The van der Waals surface area contributed by atoms with Gasteiger partial charge in [0.1, 0.15) is 15.5 Å². The third-order valence-electron chi connectivity index (χ3n) is 2.51. The number of anilines is 1. The molecule has 0 radical (unpaired) electrons. The van der Waals surface area contributed by atoms with Crippen LogP contribution in [0.1, 0.15) is 0 Å². The third kappa shape index (κ3) is 3.32. The van der Waals surface area contributed by atoms with Crippen LogP contribution in [0, 0.1) is 0 Å². The van der Waals surface area contributed by atoms with Gasteiger partial charge in [-0.2, -0.15) is 5.10 Å². The summed E-state index contributed by atoms with van der Waals surface area (Å²) in [4.78, 5) is -0.409. The molecule has 1 heterocycles. The van der Waals surface area contributed by atoms with Crippen LogP contribution in [-0.4, -0.2) is 34.1 Å². The van der Waals surface area contributed by atoms with E-state index in [9.17, 15) is 16.8 Å². The molecule has 1 aromatic carbocycles. The summed E-state index contributed by atoms with van der Waals surface area (Å²) in [6.45, 7) is 0. The number of H-pyrrole nitrogens is 1. The maximum Gasteiger partial charge on any atom is 0.265 e. The molecule has 2 rings (SSSR count). The molecule has 114 valence electrons. The van der Waals surface area contributed by atoms with Gasteiger partial charge in [0.15, 0.2) is 0 Å². The van der Waals surface area contributed by atoms with Crippen molar-refractivity contribution in [2.45, 2.75) is 9.79 Å². The van der Waals surface area contributed by atoms with Crippen molar-refractivity contribution in [3.63, 3.8) is 0 Å². The minimum atomic E-state index is -4.06. The first kappa shape index (κ1) is 15.3. The lowest BCUT2D eigenvalue weighted by Crippen LogP contribution is -2.16. The fraction of sp³-hybridized carbons (Fsp3) is 0.100. The normalized spacial score (nSPS) is 12.1. The molecule has 21 heavy (non-hydrogen) atoms. The largest absolute Gasteiger partial charge is 0.495 e. The fourth-order valence-corrected chi connectivity index (χ4v) is 3.24. The number of rotatable bonds is 5. The van der Waals surface area contributed by atoms with Gasteiger partial charge in [-0.1, -0.05) is 0 Å². The molecular weight excluding hydrogens is 320 g/mol. The smallest absolute Gasteiger partial charge is 0.265 e. The number of ether oxygens (including phenoxy) is 1. The quantitative estimate of drug-likeness (QED) is 0.695. The van der Waals surface area contributed by atoms with Gasteiger partial charge >= 0.3 is 0 Å². The molecule has 2 aromatic rings. The first-order valence-corrected chi connectivity index (χ1v) is 8.49. The summed E-state index contributed by atoms with van der Waals surface area (Å²) in [6.07, 6.45) is 2.30. The molecule has 0 unspecified atom stereocenters. The molecule has 4 N–H and O–H groups in total. The van der Waals surface area contributed by atoms with E-state index in [0.717, 1.165) is 12.3 Å². The van der Waals surface area contributed by atoms with E-state index in [1.807, 2.05) is 0 Å². The minimum absolute atomic E-state index is 0.0174. The summed E-state index contributed by atoms with van der Waals surface area (Å²) in [5.41, 5.74) is 0.0287. The highest BCUT2D eigenvalue weighted by Crippen LogP contribution is 2.27. The summed E-state index contributed by atoms with van der Waals surface area (Å²) in [5.74, 6) is 0.0174. The van der Waals surface area contributed by atoms with E-state index >= 15 is 0 Å². The highest BCUT2D eigenvalue weighted by Gasteiger charge is 2.19. The van der Waals surface area contributed by atoms with Crippen molar-refractivity contribution in [2.24, 2.45) is 5.14 Å². The number of hydrogen-bond donors (Lipinski definition) is 3. The van der Waals surface area contributed by atoms with Gasteiger partial charge < -0.3 is 4.74 Å². The highest BCUT2D eigenvalue weighted by molar-refractivity contribution is 7.92. The van der Waals surface area contributed by atoms with E-state index in [0.29, 0.717) is 0 Å². The molecule has 0 saturated heterocycles. The van der Waals surface area contributed by atoms with Crippen LogP contribution in [0.4, 0.5) is 5.69 Å². The number of nitrogens with zero attached hydrogens (tertiary/aromatic N) is 1. The second kappa shape index (κ2) is 5.35. The van der Waals surface area contributed by atoms with Crippen molar-refractivity contribution in [1.29, 1.82) is 0 Å². The average molecular weight is 332 g/mol. The standard InChI is InChI=1S/C10H12N4O5S2/c1-19-9-3-2-7(4-10(9)20(11,15)16)14-21(17,18)8-5-12-13-6-8/h2-6,14H,1H3,(H,12,13)(H2,11,15,16). The second-order valence-corrected chi connectivity index (χ2v) is 7.16. The number of aromatic amines is 1. The molecule has 0 bridgehead atoms. The Kier molecular flexibility index (Phi) is 3.89. The molecule has 11 heteroatoms. The summed E-state index contributed by atoms with van der Waals surface area (Å²) < 4.78 is 54.0. The lowest BCUT2D eigenvalue weighted by atomic mass is 10.3. The van der Waals surface area contributed by atoms with E-state index in [1.54, 1.807) is 0 Å². The maximum absolute atomic E-state index is 12.0. The van der Waals surface area contributed by atoms with Gasteiger partial charge in [0.05, 0.1) is 19.0 Å². The van der Waals surface area contributed by atoms with Crippen molar-refractivity contribution in [3.05, 3.63) is 30.6 Å². The Hall–Kier alpha value is -2.11. The lowest BCUT2D eigenvalue weighted by molar-refractivity contribution is 0.403. The van der Waals surface area contributed by atoms with Crippen molar-refractivity contribution in [3.8, 4) is 5.75 Å². The number of hydrogen-bond acceptors (Lipinski definition) is 6. The van der Waals surface area contributed by atoms with Crippen LogP contribution >= 0.6 is 0 Å². The van der Waals surface area contributed by atoms with Crippen molar-refractivity contribution < 1.29 is 21.6 Å². The zero-order valence-electron chi connectivity index (χ0n) is 10.8. The van der Waals surface area contributed by atoms with Crippen molar-refractivity contribution in [1.82, 2.24) is 10.2 Å². The van der Waals surface area contributed by atoms with Gasteiger partial charge in [-0.05, 0) is 18.2 Å². The van der Waals surface area contributed by atoms with E-state index in [1.165, 1.54) is 25.4 Å². The van der Waals surface area contributed by atoms with Crippen LogP contribution in [0.3, 0.4) is 0 Å². The first-order chi connectivity index (χ1) is 9.74. The summed E-state index contributed by atoms with van der Waals surface area (Å²) in [6, 6.07) is 3.73. The zero-order valence-corrected chi connectivity index (χ0v) is 12.4. The molecular formula is C10H12N4O5S2. The number of primary sulfonamides is 1. The molecule has 9 nitrogen and oxygen atoms in total. The number of methoxy groups -OCH3 is 1. The Labute approximate surface area is 121 Å². The lowest BCUT2D eigenvalue weighted by Gasteiger charge is -2.10. The maximum atomic E-state index is 12.0. The predicted octanol–water partition coefficient (Wildman–Crippen LogP) is -0.134. The highest BCUT2D eigenvalue weighted by atomic mass is 32.2. The van der Waals surface area contributed by atoms with Crippen molar-refractivity contribution in [2.75, 3.05) is 11.8 Å². The number of aromatic nitrogens is 2. The fourth-order valence-electron chi connectivity index (χ4n) is 1.56. The Morgan fingerprint density at radius 3 is 2.52 bits per heavy atom. The molecule has 0 atom stereocenters. The molecule has 0 amide bonds. The molecule has 0 fully saturated rings. The minimum Gasteiger partial charge on any atom is -0.495 e. The number of sulfonamides is 2. The Bertz CT molecular complexity index is 844. The second-order valence-electron chi connectivity index (χ2n) is 3.95. The number of nitrogens with one attached hydrogen (secondary N) is 2. The summed E-state index contributed by atoms with van der Waals surface area (Å²) in [7, 11) is -6.65. The van der Waals surface area contributed by atoms with Crippen LogP contribution in [0.25, 0.3) is 0 Å². The Morgan fingerprint density at radius 1 is 1.29 bits per heavy atom. The molecule has 0 spiro atoms. The van der Waals surface area contributed by atoms with Crippen LogP contribution in [0.2, 0.25) is 0 Å². The van der Waals surface area contributed by atoms with E-state index in [2.05, 4.69) is 14.9 Å². The van der Waals surface area contributed by atoms with Crippen LogP contribution < -0.4 is 14.6 Å². The van der Waals surface area contributed by atoms with Crippen LogP contribution in [0.15, 0.2) is 40.4 Å². The van der Waals surface area contributed by atoms with Crippen LogP contribution in [-0.2, 0) is 20.0 Å². The number of nitrogens with two attached hydrogens (primary N) is 1. The zero-order chi connectivity index (χ0) is 15.7. The van der Waals surface area contributed by atoms with Gasteiger partial charge in [-0.3, -0.25) is 9.82 Å². The monoisotopic (exact) mass is 332 g/mol. The topological polar surface area (TPSA) is 144 Å². The van der Waals surface area contributed by atoms with Crippen LogP contribution in [0.5, 0.6) is 5.75 Å². The molecule has 1 aromatic heterocycles. The predicted molar refractivity (Wildman–Crippen MR) is 73.8 cm³/mol. The summed E-state index contributed by atoms with van der Waals surface area (Å²) >= 11 is 0. The SMILES string of the molecule is COc1ccc(NS(=O)(=O)c2cn[nH]c2)cc1S(N)(=O)=O. The molecule has 0 saturated carbocycles. The Morgan fingerprint density at radius 2 is 2.00 bits per heavy atom. The van der Waals surface area contributed by atoms with E-state index in [4.69, 9.17) is 9.88 Å². The molecule has 0 aliphatic rings. The Balaban J connectivity index is 2.43. The van der Waals surface area contributed by atoms with Crippen molar-refractivity contribution >= 4 is 25.7 Å². The van der Waals surface area contributed by atoms with Gasteiger partial charge in [-0.25, -0.2) is 22.0 Å². The first-order valence-electron chi connectivity index (χ1n) is 5.46. The third-order valence-corrected chi connectivity index (χ3v) is 4.79. The van der Waals surface area contributed by atoms with Gasteiger partial charge in [0.25, 0.3) is 10.0 Å². The van der Waals surface area contributed by atoms with E-state index in [-0.39, 0.29) is 21.2 Å². The molecule has 0 aliphatic carbocycles. The van der Waals surface area contributed by atoms with Gasteiger partial charge in [0, 0.05) is 6.20 Å². The average Bonchev–Trinajstić information content (AvgIpc) is 2.92. The van der Waals surface area contributed by atoms with E-state index < -0.39 is 20.0 Å².